The first kappa shape index (κ1) is 11.9. The van der Waals surface area contributed by atoms with Crippen LogP contribution in [0.25, 0.3) is 0 Å². The number of phenolic OH excluding ortho intramolecular Hbond substituents is 1. The highest BCUT2D eigenvalue weighted by Gasteiger charge is 2.26. The Kier molecular flexibility index (Phi) is 3.25. The van der Waals surface area contributed by atoms with E-state index in [1.807, 2.05) is 20.8 Å². The standard InChI is InChI=1S/C12H18O3/c1-12(2,3)11(14)9-6-5-8(15-4)7-10(9)13/h5-7,11,13-14H,1-4H3. The van der Waals surface area contributed by atoms with E-state index >= 15 is 0 Å². The van der Waals surface area contributed by atoms with Crippen LogP contribution in [0.3, 0.4) is 0 Å². The summed E-state index contributed by atoms with van der Waals surface area (Å²) in [5.74, 6) is 0.647. The van der Waals surface area contributed by atoms with Crippen molar-refractivity contribution in [2.24, 2.45) is 5.41 Å². The molecule has 0 radical (unpaired) electrons. The van der Waals surface area contributed by atoms with Crippen LogP contribution in [-0.4, -0.2) is 17.3 Å². The van der Waals surface area contributed by atoms with Gasteiger partial charge < -0.3 is 14.9 Å². The van der Waals surface area contributed by atoms with Gasteiger partial charge in [-0.15, -0.1) is 0 Å². The van der Waals surface area contributed by atoms with E-state index in [4.69, 9.17) is 4.74 Å². The predicted octanol–water partition coefficient (Wildman–Crippen LogP) is 2.48. The van der Waals surface area contributed by atoms with Gasteiger partial charge in [-0.25, -0.2) is 0 Å². The third-order valence-corrected chi connectivity index (χ3v) is 2.35. The van der Waals surface area contributed by atoms with Crippen molar-refractivity contribution in [2.45, 2.75) is 26.9 Å². The Labute approximate surface area is 90.3 Å². The summed E-state index contributed by atoms with van der Waals surface area (Å²) >= 11 is 0. The van der Waals surface area contributed by atoms with Gasteiger partial charge in [-0.2, -0.15) is 0 Å². The first-order chi connectivity index (χ1) is 6.86. The molecule has 3 nitrogen and oxygen atoms in total. The molecular weight excluding hydrogens is 192 g/mol. The van der Waals surface area contributed by atoms with E-state index in [1.165, 1.54) is 13.2 Å². The molecule has 1 atom stereocenters. The largest absolute Gasteiger partial charge is 0.507 e. The van der Waals surface area contributed by atoms with Crippen molar-refractivity contribution in [1.82, 2.24) is 0 Å². The number of aromatic hydroxyl groups is 1. The molecular formula is C12H18O3. The van der Waals surface area contributed by atoms with E-state index in [0.717, 1.165) is 0 Å². The van der Waals surface area contributed by atoms with Gasteiger partial charge in [-0.3, -0.25) is 0 Å². The molecule has 0 saturated heterocycles. The molecule has 2 N–H and O–H groups in total. The van der Waals surface area contributed by atoms with Crippen molar-refractivity contribution in [2.75, 3.05) is 7.11 Å². The zero-order valence-corrected chi connectivity index (χ0v) is 9.61. The summed E-state index contributed by atoms with van der Waals surface area (Å²) in [6.45, 7) is 5.75. The number of benzene rings is 1. The minimum atomic E-state index is -0.691. The highest BCUT2D eigenvalue weighted by molar-refractivity contribution is 5.41. The van der Waals surface area contributed by atoms with Crippen LogP contribution in [0.1, 0.15) is 32.4 Å². The van der Waals surface area contributed by atoms with Crippen molar-refractivity contribution >= 4 is 0 Å². The van der Waals surface area contributed by atoms with Crippen LogP contribution >= 0.6 is 0 Å². The molecule has 1 aromatic carbocycles. The lowest BCUT2D eigenvalue weighted by molar-refractivity contribution is 0.0604. The highest BCUT2D eigenvalue weighted by Crippen LogP contribution is 2.38. The van der Waals surface area contributed by atoms with E-state index in [2.05, 4.69) is 0 Å². The summed E-state index contributed by atoms with van der Waals surface area (Å²) in [5.41, 5.74) is 0.231. The third-order valence-electron chi connectivity index (χ3n) is 2.35. The van der Waals surface area contributed by atoms with Crippen molar-refractivity contribution in [3.8, 4) is 11.5 Å². The van der Waals surface area contributed by atoms with Crippen LogP contribution in [0.2, 0.25) is 0 Å². The van der Waals surface area contributed by atoms with Gasteiger partial charge in [0.1, 0.15) is 11.5 Å². The number of hydrogen-bond donors (Lipinski definition) is 2. The fourth-order valence-electron chi connectivity index (χ4n) is 1.35. The quantitative estimate of drug-likeness (QED) is 0.788. The number of phenols is 1. The SMILES string of the molecule is COc1ccc(C(O)C(C)(C)C)c(O)c1. The first-order valence-corrected chi connectivity index (χ1v) is 4.91. The molecule has 15 heavy (non-hydrogen) atoms. The number of hydrogen-bond acceptors (Lipinski definition) is 3. The summed E-state index contributed by atoms with van der Waals surface area (Å²) < 4.78 is 4.97. The van der Waals surface area contributed by atoms with Gasteiger partial charge in [0.15, 0.2) is 0 Å². The number of ether oxygens (including phenoxy) is 1. The van der Waals surface area contributed by atoms with Gasteiger partial charge in [0.05, 0.1) is 13.2 Å². The van der Waals surface area contributed by atoms with Crippen LogP contribution in [0, 0.1) is 5.41 Å². The van der Waals surface area contributed by atoms with E-state index < -0.39 is 6.10 Å². The third kappa shape index (κ3) is 2.63. The second-order valence-corrected chi connectivity index (χ2v) is 4.69. The molecule has 1 unspecified atom stereocenters. The van der Waals surface area contributed by atoms with Crippen LogP contribution in [0.5, 0.6) is 11.5 Å². The van der Waals surface area contributed by atoms with E-state index in [0.29, 0.717) is 11.3 Å². The van der Waals surface area contributed by atoms with Gasteiger partial charge in [0.25, 0.3) is 0 Å². The van der Waals surface area contributed by atoms with Crippen molar-refractivity contribution in [1.29, 1.82) is 0 Å². The van der Waals surface area contributed by atoms with Crippen LogP contribution < -0.4 is 4.74 Å². The normalized spacial score (nSPS) is 13.7. The zero-order valence-electron chi connectivity index (χ0n) is 9.61. The van der Waals surface area contributed by atoms with E-state index in [1.54, 1.807) is 12.1 Å². The van der Waals surface area contributed by atoms with E-state index in [-0.39, 0.29) is 11.2 Å². The molecule has 0 aliphatic carbocycles. The predicted molar refractivity (Wildman–Crippen MR) is 59.1 cm³/mol. The molecule has 0 fully saturated rings. The Balaban J connectivity index is 3.06. The molecule has 0 aliphatic heterocycles. The van der Waals surface area contributed by atoms with Crippen molar-refractivity contribution in [3.63, 3.8) is 0 Å². The summed E-state index contributed by atoms with van der Waals surface area (Å²) in [5, 5.41) is 19.7. The first-order valence-electron chi connectivity index (χ1n) is 4.91. The van der Waals surface area contributed by atoms with Crippen LogP contribution in [-0.2, 0) is 0 Å². The van der Waals surface area contributed by atoms with Gasteiger partial charge in [0, 0.05) is 11.6 Å². The smallest absolute Gasteiger partial charge is 0.125 e. The maximum Gasteiger partial charge on any atom is 0.125 e. The molecule has 0 heterocycles. The Morgan fingerprint density at radius 1 is 1.27 bits per heavy atom. The fourth-order valence-corrected chi connectivity index (χ4v) is 1.35. The minimum Gasteiger partial charge on any atom is -0.507 e. The molecule has 0 amide bonds. The lowest BCUT2D eigenvalue weighted by Gasteiger charge is -2.26. The van der Waals surface area contributed by atoms with Crippen LogP contribution in [0.4, 0.5) is 0 Å². The zero-order chi connectivity index (χ0) is 11.6. The topological polar surface area (TPSA) is 49.7 Å². The lowest BCUT2D eigenvalue weighted by atomic mass is 9.84. The number of rotatable bonds is 2. The molecule has 0 aliphatic rings. The number of aliphatic hydroxyl groups excluding tert-OH is 1. The summed E-state index contributed by atoms with van der Waals surface area (Å²) in [6.07, 6.45) is -0.691. The number of methoxy groups -OCH3 is 1. The Bertz CT molecular complexity index is 339. The van der Waals surface area contributed by atoms with E-state index in [9.17, 15) is 10.2 Å². The second-order valence-electron chi connectivity index (χ2n) is 4.69. The Hall–Kier alpha value is -1.22. The van der Waals surface area contributed by atoms with Gasteiger partial charge >= 0.3 is 0 Å². The molecule has 0 aromatic heterocycles. The maximum atomic E-state index is 10.0. The number of aliphatic hydroxyl groups is 1. The summed E-state index contributed by atoms with van der Waals surface area (Å²) in [7, 11) is 1.54. The summed E-state index contributed by atoms with van der Waals surface area (Å²) in [4.78, 5) is 0. The molecule has 3 heteroatoms. The van der Waals surface area contributed by atoms with Gasteiger partial charge in [-0.1, -0.05) is 20.8 Å². The molecule has 0 spiro atoms. The van der Waals surface area contributed by atoms with Gasteiger partial charge in [0.2, 0.25) is 0 Å². The second kappa shape index (κ2) is 4.11. The summed E-state index contributed by atoms with van der Waals surface area (Å²) in [6, 6.07) is 4.92. The molecule has 1 aromatic rings. The monoisotopic (exact) mass is 210 g/mol. The minimum absolute atomic E-state index is 0.0665. The average Bonchev–Trinajstić information content (AvgIpc) is 2.15. The maximum absolute atomic E-state index is 10.0. The molecule has 84 valence electrons. The average molecular weight is 210 g/mol. The molecule has 1 rings (SSSR count). The van der Waals surface area contributed by atoms with Crippen LogP contribution in [0.15, 0.2) is 18.2 Å². The highest BCUT2D eigenvalue weighted by atomic mass is 16.5. The molecule has 0 bridgehead atoms. The van der Waals surface area contributed by atoms with Gasteiger partial charge in [-0.05, 0) is 17.5 Å². The lowest BCUT2D eigenvalue weighted by Crippen LogP contribution is -2.17. The van der Waals surface area contributed by atoms with Crippen molar-refractivity contribution in [3.05, 3.63) is 23.8 Å². The molecule has 0 saturated carbocycles. The Morgan fingerprint density at radius 2 is 1.87 bits per heavy atom. The fraction of sp³-hybridized carbons (Fsp3) is 0.500. The Morgan fingerprint density at radius 3 is 2.27 bits per heavy atom. The van der Waals surface area contributed by atoms with Crippen molar-refractivity contribution < 1.29 is 14.9 Å².